The van der Waals surface area contributed by atoms with Gasteiger partial charge in [0.15, 0.2) is 12.4 Å². The van der Waals surface area contributed by atoms with Crippen LogP contribution in [0.4, 0.5) is 22.0 Å². The van der Waals surface area contributed by atoms with Gasteiger partial charge < -0.3 is 14.2 Å². The second-order valence-electron chi connectivity index (χ2n) is 6.22. The van der Waals surface area contributed by atoms with E-state index < -0.39 is 30.0 Å². The van der Waals surface area contributed by atoms with Gasteiger partial charge in [0.2, 0.25) is 5.88 Å². The maximum absolute atomic E-state index is 14.5. The van der Waals surface area contributed by atoms with Crippen molar-refractivity contribution in [3.63, 3.8) is 0 Å². The third kappa shape index (κ3) is 5.63. The number of rotatable bonds is 7. The fourth-order valence-corrected chi connectivity index (χ4v) is 2.65. The third-order valence-electron chi connectivity index (χ3n) is 3.89. The van der Waals surface area contributed by atoms with Gasteiger partial charge in [0.25, 0.3) is 6.10 Å². The van der Waals surface area contributed by atoms with Gasteiger partial charge in [-0.3, -0.25) is 0 Å². The van der Waals surface area contributed by atoms with Crippen LogP contribution in [-0.4, -0.2) is 54.8 Å². The summed E-state index contributed by atoms with van der Waals surface area (Å²) in [6.45, 7) is -0.287. The first-order valence-corrected chi connectivity index (χ1v) is 9.16. The maximum atomic E-state index is 14.5. The topological polar surface area (TPSA) is 84.2 Å². The van der Waals surface area contributed by atoms with Crippen LogP contribution in [0.1, 0.15) is 5.56 Å². The zero-order valence-electron chi connectivity index (χ0n) is 16.2. The summed E-state index contributed by atoms with van der Waals surface area (Å²) in [7, 11) is 0. The van der Waals surface area contributed by atoms with Gasteiger partial charge in [-0.15, -0.1) is 0 Å². The van der Waals surface area contributed by atoms with Crippen molar-refractivity contribution in [1.82, 2.24) is 24.7 Å². The van der Waals surface area contributed by atoms with Gasteiger partial charge in [0.05, 0.1) is 5.56 Å². The summed E-state index contributed by atoms with van der Waals surface area (Å²) >= 11 is 4.56. The van der Waals surface area contributed by atoms with E-state index in [0.717, 1.165) is 6.33 Å². The highest BCUT2D eigenvalue weighted by atomic mass is 32.1. The molecule has 0 aliphatic heterocycles. The van der Waals surface area contributed by atoms with Crippen molar-refractivity contribution < 1.29 is 36.2 Å². The molecule has 0 radical (unpaired) electrons. The van der Waals surface area contributed by atoms with E-state index in [2.05, 4.69) is 37.0 Å². The van der Waals surface area contributed by atoms with Crippen LogP contribution in [0.2, 0.25) is 0 Å². The third-order valence-corrected chi connectivity index (χ3v) is 4.07. The van der Waals surface area contributed by atoms with Crippen LogP contribution < -0.4 is 9.47 Å². The molecule has 0 N–H and O–H groups in total. The van der Waals surface area contributed by atoms with Gasteiger partial charge in [-0.2, -0.15) is 27.1 Å². The first-order chi connectivity index (χ1) is 15.1. The Kier molecular flexibility index (Phi) is 6.81. The van der Waals surface area contributed by atoms with Crippen molar-refractivity contribution in [2.45, 2.75) is 25.1 Å². The fourth-order valence-electron chi connectivity index (χ4n) is 2.46. The molecular formula is C18H14F5N5O3S. The first-order valence-electron chi connectivity index (χ1n) is 8.75. The Bertz CT molecular complexity index is 1050. The van der Waals surface area contributed by atoms with Crippen molar-refractivity contribution in [2.24, 2.45) is 0 Å². The van der Waals surface area contributed by atoms with Crippen LogP contribution in [0, 0.1) is 6.92 Å². The molecule has 0 fully saturated rings. The van der Waals surface area contributed by atoms with E-state index >= 15 is 0 Å². The van der Waals surface area contributed by atoms with Crippen molar-refractivity contribution in [2.75, 3.05) is 6.61 Å². The molecule has 0 bridgehead atoms. The van der Waals surface area contributed by atoms with Crippen molar-refractivity contribution in [1.29, 1.82) is 0 Å². The standard InChI is InChI=1S/C18H14F5N5O3S/c1-11-13(28-10-24-8-27-28)25-9-26-14(11)29-7-17(19,20)15(18(21,22)23)31-16(32)30-12-5-3-2-4-6-12/h2-6,8-10,15H,7H2,1H3. The zero-order valence-corrected chi connectivity index (χ0v) is 17.0. The number of thiocarbonyl (C=S) groups is 1. The minimum Gasteiger partial charge on any atom is -0.471 e. The molecule has 8 nitrogen and oxygen atoms in total. The van der Waals surface area contributed by atoms with Gasteiger partial charge in [-0.25, -0.2) is 19.6 Å². The van der Waals surface area contributed by atoms with Gasteiger partial charge in [-0.05, 0) is 19.1 Å². The van der Waals surface area contributed by atoms with Crippen LogP contribution in [0.25, 0.3) is 5.82 Å². The van der Waals surface area contributed by atoms with Crippen LogP contribution in [-0.2, 0) is 4.74 Å². The first kappa shape index (κ1) is 23.2. The van der Waals surface area contributed by atoms with E-state index in [1.165, 1.54) is 48.5 Å². The summed E-state index contributed by atoms with van der Waals surface area (Å²) in [6.07, 6.45) is -5.62. The van der Waals surface area contributed by atoms with Crippen molar-refractivity contribution in [3.05, 3.63) is 54.9 Å². The lowest BCUT2D eigenvalue weighted by molar-refractivity contribution is -0.271. The molecule has 3 aromatic rings. The lowest BCUT2D eigenvalue weighted by atomic mass is 10.2. The van der Waals surface area contributed by atoms with E-state index in [1.54, 1.807) is 6.07 Å². The number of hydrogen-bond acceptors (Lipinski definition) is 8. The van der Waals surface area contributed by atoms with E-state index in [1.807, 2.05) is 0 Å². The van der Waals surface area contributed by atoms with Gasteiger partial charge >= 0.3 is 17.3 Å². The van der Waals surface area contributed by atoms with Crippen molar-refractivity contribution in [3.8, 4) is 17.4 Å². The highest BCUT2D eigenvalue weighted by molar-refractivity contribution is 7.79. The number of halogens is 5. The Morgan fingerprint density at radius 1 is 1.09 bits per heavy atom. The molecule has 14 heteroatoms. The lowest BCUT2D eigenvalue weighted by Crippen LogP contribution is -2.51. The van der Waals surface area contributed by atoms with Crippen LogP contribution >= 0.6 is 12.2 Å². The Morgan fingerprint density at radius 2 is 1.81 bits per heavy atom. The van der Waals surface area contributed by atoms with E-state index in [-0.39, 0.29) is 23.0 Å². The molecule has 32 heavy (non-hydrogen) atoms. The molecule has 0 saturated carbocycles. The quantitative estimate of drug-likeness (QED) is 0.378. The molecule has 170 valence electrons. The Hall–Kier alpha value is -3.42. The Morgan fingerprint density at radius 3 is 2.44 bits per heavy atom. The predicted molar refractivity (Wildman–Crippen MR) is 103 cm³/mol. The van der Waals surface area contributed by atoms with Gasteiger partial charge in [0.1, 0.15) is 24.7 Å². The van der Waals surface area contributed by atoms with E-state index in [9.17, 15) is 22.0 Å². The Labute approximate surface area is 183 Å². The predicted octanol–water partition coefficient (Wildman–Crippen LogP) is 3.69. The van der Waals surface area contributed by atoms with Gasteiger partial charge in [0, 0.05) is 12.2 Å². The van der Waals surface area contributed by atoms with E-state index in [4.69, 9.17) is 9.47 Å². The summed E-state index contributed by atoms with van der Waals surface area (Å²) in [6, 6.07) is 7.37. The number of benzene rings is 1. The largest absolute Gasteiger partial charge is 0.471 e. The summed E-state index contributed by atoms with van der Waals surface area (Å²) in [4.78, 5) is 11.3. The molecule has 2 heterocycles. The molecule has 0 saturated heterocycles. The monoisotopic (exact) mass is 475 g/mol. The molecular weight excluding hydrogens is 461 g/mol. The highest BCUT2D eigenvalue weighted by Gasteiger charge is 2.59. The molecule has 1 atom stereocenters. The second-order valence-corrected chi connectivity index (χ2v) is 6.56. The molecule has 2 aromatic heterocycles. The minimum atomic E-state index is -5.48. The Balaban J connectivity index is 1.73. The number of alkyl halides is 5. The fraction of sp³-hybridized carbons (Fsp3) is 0.278. The average molecular weight is 475 g/mol. The lowest BCUT2D eigenvalue weighted by Gasteiger charge is -2.28. The number of nitrogens with zero attached hydrogens (tertiary/aromatic N) is 5. The molecule has 1 aromatic carbocycles. The SMILES string of the molecule is Cc1c(OCC(F)(F)C(OC(=S)Oc2ccccc2)C(F)(F)F)ncnc1-n1cncn1. The average Bonchev–Trinajstić information content (AvgIpc) is 3.26. The zero-order chi connectivity index (χ0) is 23.4. The second kappa shape index (κ2) is 9.38. The van der Waals surface area contributed by atoms with Crippen molar-refractivity contribution >= 4 is 17.5 Å². The smallest absolute Gasteiger partial charge is 0.431 e. The number of ether oxygens (including phenoxy) is 3. The summed E-state index contributed by atoms with van der Waals surface area (Å²) in [5.74, 6) is -4.74. The minimum absolute atomic E-state index is 0.0234. The van der Waals surface area contributed by atoms with Gasteiger partial charge in [-0.1, -0.05) is 18.2 Å². The van der Waals surface area contributed by atoms with Crippen LogP contribution in [0.3, 0.4) is 0 Å². The van der Waals surface area contributed by atoms with Crippen LogP contribution in [0.5, 0.6) is 11.6 Å². The maximum Gasteiger partial charge on any atom is 0.431 e. The molecule has 0 aliphatic rings. The summed E-state index contributed by atoms with van der Waals surface area (Å²) in [5, 5.41) is 2.72. The summed E-state index contributed by atoms with van der Waals surface area (Å²) < 4.78 is 84.3. The number of aromatic nitrogens is 5. The molecule has 0 spiro atoms. The highest BCUT2D eigenvalue weighted by Crippen LogP contribution is 2.36. The molecule has 3 rings (SSSR count). The normalized spacial score (nSPS) is 12.8. The summed E-state index contributed by atoms with van der Waals surface area (Å²) in [5.41, 5.74) is 0.154. The molecule has 0 aliphatic carbocycles. The number of hydrogen-bond donors (Lipinski definition) is 0. The molecule has 1 unspecified atom stereocenters. The molecule has 0 amide bonds. The van der Waals surface area contributed by atoms with Crippen LogP contribution in [0.15, 0.2) is 49.3 Å². The number of para-hydroxylation sites is 1. The van der Waals surface area contributed by atoms with E-state index in [0.29, 0.717) is 0 Å².